The van der Waals surface area contributed by atoms with Gasteiger partial charge < -0.3 is 15.4 Å². The Hall–Kier alpha value is -0.580. The monoisotopic (exact) mass is 326 g/mol. The number of halogens is 1. The van der Waals surface area contributed by atoms with E-state index in [2.05, 4.69) is 40.0 Å². The van der Waals surface area contributed by atoms with Crippen molar-refractivity contribution in [1.82, 2.24) is 4.90 Å². The van der Waals surface area contributed by atoms with Crippen molar-refractivity contribution in [2.75, 3.05) is 27.2 Å². The minimum absolute atomic E-state index is 0.373. The van der Waals surface area contributed by atoms with Crippen LogP contribution < -0.4 is 10.5 Å². The number of rotatable bonds is 6. The van der Waals surface area contributed by atoms with E-state index in [4.69, 9.17) is 10.5 Å². The Balaban J connectivity index is 1.95. The van der Waals surface area contributed by atoms with Crippen LogP contribution >= 0.6 is 15.9 Å². The number of benzene rings is 1. The predicted molar refractivity (Wildman–Crippen MR) is 82.4 cm³/mol. The van der Waals surface area contributed by atoms with E-state index in [9.17, 15) is 0 Å². The second-order valence-electron chi connectivity index (χ2n) is 5.70. The summed E-state index contributed by atoms with van der Waals surface area (Å²) in [5.74, 6) is 0.879. The minimum Gasteiger partial charge on any atom is -0.496 e. The molecule has 0 radical (unpaired) electrons. The highest BCUT2D eigenvalue weighted by atomic mass is 79.9. The zero-order valence-electron chi connectivity index (χ0n) is 11.8. The first-order valence-corrected chi connectivity index (χ1v) is 7.59. The van der Waals surface area contributed by atoms with Crippen molar-refractivity contribution in [2.24, 2.45) is 11.1 Å². The lowest BCUT2D eigenvalue weighted by Gasteiger charge is -2.43. The third-order valence-corrected chi connectivity index (χ3v) is 4.74. The number of nitrogens with two attached hydrogens (primary N) is 1. The van der Waals surface area contributed by atoms with Gasteiger partial charge in [0, 0.05) is 13.1 Å². The fourth-order valence-corrected chi connectivity index (χ4v) is 3.44. The summed E-state index contributed by atoms with van der Waals surface area (Å²) in [5.41, 5.74) is 7.59. The average molecular weight is 327 g/mol. The summed E-state index contributed by atoms with van der Waals surface area (Å²) in [5, 5.41) is 0. The molecule has 1 aliphatic rings. The lowest BCUT2D eigenvalue weighted by Crippen LogP contribution is -2.45. The van der Waals surface area contributed by atoms with Crippen LogP contribution in [0.4, 0.5) is 0 Å². The molecule has 0 spiro atoms. The van der Waals surface area contributed by atoms with Crippen molar-refractivity contribution in [3.05, 3.63) is 28.2 Å². The zero-order valence-corrected chi connectivity index (χ0v) is 13.4. The van der Waals surface area contributed by atoms with E-state index in [1.807, 2.05) is 6.07 Å². The van der Waals surface area contributed by atoms with Gasteiger partial charge in [0.05, 0.1) is 11.6 Å². The van der Waals surface area contributed by atoms with Crippen molar-refractivity contribution in [3.8, 4) is 5.75 Å². The topological polar surface area (TPSA) is 38.5 Å². The first kappa shape index (κ1) is 14.8. The predicted octanol–water partition coefficient (Wildman–Crippen LogP) is 3.02. The number of hydrogen-bond donors (Lipinski definition) is 1. The molecule has 0 saturated heterocycles. The highest BCUT2D eigenvalue weighted by Gasteiger charge is 2.36. The molecule has 1 fully saturated rings. The van der Waals surface area contributed by atoms with Crippen molar-refractivity contribution >= 4 is 15.9 Å². The largest absolute Gasteiger partial charge is 0.496 e. The second kappa shape index (κ2) is 6.25. The molecule has 0 bridgehead atoms. The Kier molecular flexibility index (Phi) is 4.87. The van der Waals surface area contributed by atoms with Gasteiger partial charge in [0.1, 0.15) is 5.75 Å². The summed E-state index contributed by atoms with van der Waals surface area (Å²) in [6, 6.07) is 6.26. The molecular formula is C15H23BrN2O. The lowest BCUT2D eigenvalue weighted by molar-refractivity contribution is 0.0845. The molecule has 0 aliphatic heterocycles. The molecule has 1 saturated carbocycles. The molecular weight excluding hydrogens is 304 g/mol. The van der Waals surface area contributed by atoms with Gasteiger partial charge in [-0.15, -0.1) is 0 Å². The molecule has 3 nitrogen and oxygen atoms in total. The van der Waals surface area contributed by atoms with Crippen LogP contribution in [0.3, 0.4) is 0 Å². The van der Waals surface area contributed by atoms with Gasteiger partial charge in [-0.25, -0.2) is 0 Å². The van der Waals surface area contributed by atoms with Gasteiger partial charge in [-0.05, 0) is 65.5 Å². The smallest absolute Gasteiger partial charge is 0.133 e. The van der Waals surface area contributed by atoms with Crippen LogP contribution in [0.5, 0.6) is 5.75 Å². The van der Waals surface area contributed by atoms with E-state index < -0.39 is 0 Å². The van der Waals surface area contributed by atoms with Crippen LogP contribution in [0.25, 0.3) is 0 Å². The summed E-state index contributed by atoms with van der Waals surface area (Å²) in [7, 11) is 3.86. The first-order chi connectivity index (χ1) is 9.08. The van der Waals surface area contributed by atoms with E-state index in [0.717, 1.165) is 29.9 Å². The van der Waals surface area contributed by atoms with Gasteiger partial charge in [0.15, 0.2) is 0 Å². The quantitative estimate of drug-likeness (QED) is 0.873. The maximum Gasteiger partial charge on any atom is 0.133 e. The Morgan fingerprint density at radius 2 is 2.16 bits per heavy atom. The van der Waals surface area contributed by atoms with Gasteiger partial charge in [-0.3, -0.25) is 0 Å². The molecule has 0 atom stereocenters. The maximum absolute atomic E-state index is 5.92. The summed E-state index contributed by atoms with van der Waals surface area (Å²) in [4.78, 5) is 2.38. The molecule has 1 aromatic rings. The molecule has 19 heavy (non-hydrogen) atoms. The maximum atomic E-state index is 5.92. The Labute approximate surface area is 124 Å². The SMILES string of the molecule is COc1ccc(CN(C)CC2(CN)CCC2)cc1Br. The molecule has 0 amide bonds. The molecule has 2 rings (SSSR count). The lowest BCUT2D eigenvalue weighted by atomic mass is 9.68. The third-order valence-electron chi connectivity index (χ3n) is 4.12. The summed E-state index contributed by atoms with van der Waals surface area (Å²) in [6.07, 6.45) is 3.89. The van der Waals surface area contributed by atoms with E-state index in [1.165, 1.54) is 24.8 Å². The normalized spacial score (nSPS) is 17.3. The van der Waals surface area contributed by atoms with Crippen molar-refractivity contribution in [2.45, 2.75) is 25.8 Å². The molecule has 1 aliphatic carbocycles. The van der Waals surface area contributed by atoms with Crippen LogP contribution in [0.15, 0.2) is 22.7 Å². The van der Waals surface area contributed by atoms with E-state index in [-0.39, 0.29) is 0 Å². The average Bonchev–Trinajstić information content (AvgIpc) is 2.34. The Morgan fingerprint density at radius 3 is 2.63 bits per heavy atom. The number of nitrogens with zero attached hydrogens (tertiary/aromatic N) is 1. The van der Waals surface area contributed by atoms with Gasteiger partial charge in [-0.2, -0.15) is 0 Å². The summed E-state index contributed by atoms with van der Waals surface area (Å²) >= 11 is 3.53. The van der Waals surface area contributed by atoms with Crippen LogP contribution in [0, 0.1) is 5.41 Å². The fraction of sp³-hybridized carbons (Fsp3) is 0.600. The van der Waals surface area contributed by atoms with Crippen LogP contribution in [-0.2, 0) is 6.54 Å². The van der Waals surface area contributed by atoms with Crippen LogP contribution in [0.2, 0.25) is 0 Å². The highest BCUT2D eigenvalue weighted by Crippen LogP contribution is 2.40. The number of methoxy groups -OCH3 is 1. The molecule has 2 N–H and O–H groups in total. The number of ether oxygens (including phenoxy) is 1. The van der Waals surface area contributed by atoms with E-state index >= 15 is 0 Å². The zero-order chi connectivity index (χ0) is 13.9. The van der Waals surface area contributed by atoms with Gasteiger partial charge in [-0.1, -0.05) is 12.5 Å². The number of hydrogen-bond acceptors (Lipinski definition) is 3. The van der Waals surface area contributed by atoms with Gasteiger partial charge >= 0.3 is 0 Å². The second-order valence-corrected chi connectivity index (χ2v) is 6.55. The standard InChI is InChI=1S/C15H23BrN2O/c1-18(11-15(10-17)6-3-7-15)9-12-4-5-14(19-2)13(16)8-12/h4-5,8H,3,6-7,9-11,17H2,1-2H3. The molecule has 4 heteroatoms. The molecule has 106 valence electrons. The minimum atomic E-state index is 0.373. The molecule has 0 aromatic heterocycles. The molecule has 1 aromatic carbocycles. The van der Waals surface area contributed by atoms with Crippen LogP contribution in [-0.4, -0.2) is 32.1 Å². The van der Waals surface area contributed by atoms with E-state index in [1.54, 1.807) is 7.11 Å². The molecule has 0 heterocycles. The van der Waals surface area contributed by atoms with Crippen molar-refractivity contribution in [3.63, 3.8) is 0 Å². The molecule has 0 unspecified atom stereocenters. The summed E-state index contributed by atoms with van der Waals surface area (Å²) < 4.78 is 6.26. The third kappa shape index (κ3) is 3.50. The Morgan fingerprint density at radius 1 is 1.42 bits per heavy atom. The first-order valence-electron chi connectivity index (χ1n) is 6.80. The van der Waals surface area contributed by atoms with Gasteiger partial charge in [0.2, 0.25) is 0 Å². The van der Waals surface area contributed by atoms with Crippen molar-refractivity contribution < 1.29 is 4.74 Å². The summed E-state index contributed by atoms with van der Waals surface area (Å²) in [6.45, 7) is 2.85. The fourth-order valence-electron chi connectivity index (χ4n) is 2.85. The van der Waals surface area contributed by atoms with Crippen LogP contribution in [0.1, 0.15) is 24.8 Å². The Bertz CT molecular complexity index is 427. The van der Waals surface area contributed by atoms with E-state index in [0.29, 0.717) is 5.41 Å². The highest BCUT2D eigenvalue weighted by molar-refractivity contribution is 9.10. The van der Waals surface area contributed by atoms with Crippen molar-refractivity contribution in [1.29, 1.82) is 0 Å². The van der Waals surface area contributed by atoms with Gasteiger partial charge in [0.25, 0.3) is 0 Å².